The molecule has 0 spiro atoms. The number of amides is 1. The Morgan fingerprint density at radius 1 is 1.06 bits per heavy atom. The van der Waals surface area contributed by atoms with E-state index in [4.69, 9.17) is 0 Å². The summed E-state index contributed by atoms with van der Waals surface area (Å²) in [6.45, 7) is -0.839. The van der Waals surface area contributed by atoms with Crippen LogP contribution in [0, 0.1) is 0 Å². The van der Waals surface area contributed by atoms with E-state index in [-0.39, 0.29) is 0 Å². The fourth-order valence-corrected chi connectivity index (χ4v) is 1.23. The van der Waals surface area contributed by atoms with Crippen molar-refractivity contribution in [1.29, 1.82) is 0 Å². The predicted molar refractivity (Wildman–Crippen MR) is 49.3 cm³/mol. The van der Waals surface area contributed by atoms with Gasteiger partial charge in [0.15, 0.2) is 0 Å². The van der Waals surface area contributed by atoms with E-state index < -0.39 is 35.9 Å². The molecular weight excluding hydrogens is 264 g/mol. The number of hydrogen-bond acceptors (Lipinski definition) is 1. The van der Waals surface area contributed by atoms with Crippen LogP contribution in [0.1, 0.15) is 11.1 Å². The maximum atomic E-state index is 12.5. The zero-order valence-corrected chi connectivity index (χ0v) is 8.69. The topological polar surface area (TPSA) is 29.1 Å². The number of nitrogens with one attached hydrogen (secondary N) is 1. The molecule has 1 amide bonds. The number of carbonyl (C=O) groups is 1. The van der Waals surface area contributed by atoms with E-state index in [1.54, 1.807) is 0 Å². The molecule has 0 aliphatic carbocycles. The summed E-state index contributed by atoms with van der Waals surface area (Å²) in [6.07, 6.45) is -9.80. The SMILES string of the molecule is O=C(NCc1ccccc1C(F)(F)F)C(F)(F)F. The first-order valence-electron chi connectivity index (χ1n) is 4.62. The summed E-state index contributed by atoms with van der Waals surface area (Å²) < 4.78 is 73.0. The number of alkyl halides is 6. The minimum atomic E-state index is -5.12. The molecule has 0 fully saturated rings. The Labute approximate surface area is 97.6 Å². The van der Waals surface area contributed by atoms with Crippen LogP contribution < -0.4 is 5.32 Å². The van der Waals surface area contributed by atoms with Crippen LogP contribution in [0.3, 0.4) is 0 Å². The van der Waals surface area contributed by atoms with Gasteiger partial charge in [-0.05, 0) is 11.6 Å². The van der Waals surface area contributed by atoms with Crippen LogP contribution in [0.4, 0.5) is 26.3 Å². The average molecular weight is 271 g/mol. The molecule has 8 heteroatoms. The van der Waals surface area contributed by atoms with Gasteiger partial charge in [0.25, 0.3) is 0 Å². The summed E-state index contributed by atoms with van der Waals surface area (Å²) >= 11 is 0. The average Bonchev–Trinajstić information content (AvgIpc) is 2.23. The normalized spacial score (nSPS) is 12.3. The van der Waals surface area contributed by atoms with Gasteiger partial charge in [-0.25, -0.2) is 0 Å². The lowest BCUT2D eigenvalue weighted by Gasteiger charge is -2.13. The molecule has 100 valence electrons. The van der Waals surface area contributed by atoms with Crippen molar-refractivity contribution in [3.8, 4) is 0 Å². The molecule has 0 saturated heterocycles. The molecule has 0 unspecified atom stereocenters. The highest BCUT2D eigenvalue weighted by Gasteiger charge is 2.39. The largest absolute Gasteiger partial charge is 0.471 e. The molecule has 0 atom stereocenters. The lowest BCUT2D eigenvalue weighted by molar-refractivity contribution is -0.173. The highest BCUT2D eigenvalue weighted by atomic mass is 19.4. The molecule has 1 rings (SSSR count). The molecule has 1 aromatic rings. The third-order valence-electron chi connectivity index (χ3n) is 2.02. The van der Waals surface area contributed by atoms with Crippen LogP contribution >= 0.6 is 0 Å². The number of benzene rings is 1. The first-order chi connectivity index (χ1) is 8.12. The molecule has 0 heterocycles. The van der Waals surface area contributed by atoms with Gasteiger partial charge in [0.1, 0.15) is 0 Å². The Morgan fingerprint density at radius 3 is 2.11 bits per heavy atom. The maximum absolute atomic E-state index is 12.5. The molecule has 2 nitrogen and oxygen atoms in total. The van der Waals surface area contributed by atoms with Crippen LogP contribution in [0.15, 0.2) is 24.3 Å². The van der Waals surface area contributed by atoms with Crippen molar-refractivity contribution in [3.63, 3.8) is 0 Å². The second-order valence-electron chi connectivity index (χ2n) is 3.34. The van der Waals surface area contributed by atoms with E-state index in [1.807, 2.05) is 0 Å². The molecule has 1 N–H and O–H groups in total. The Morgan fingerprint density at radius 2 is 1.61 bits per heavy atom. The second-order valence-corrected chi connectivity index (χ2v) is 3.34. The molecule has 1 aromatic carbocycles. The third-order valence-corrected chi connectivity index (χ3v) is 2.02. The van der Waals surface area contributed by atoms with E-state index in [0.717, 1.165) is 18.2 Å². The molecule has 0 aliphatic rings. The van der Waals surface area contributed by atoms with Crippen molar-refractivity contribution < 1.29 is 31.1 Å². The molecule has 18 heavy (non-hydrogen) atoms. The molecule has 0 aromatic heterocycles. The summed E-state index contributed by atoms with van der Waals surface area (Å²) in [5, 5.41) is 1.39. The fraction of sp³-hybridized carbons (Fsp3) is 0.300. The Balaban J connectivity index is 2.84. The van der Waals surface area contributed by atoms with Crippen LogP contribution in [0.5, 0.6) is 0 Å². The van der Waals surface area contributed by atoms with Crippen LogP contribution in [-0.2, 0) is 17.5 Å². The monoisotopic (exact) mass is 271 g/mol. The quantitative estimate of drug-likeness (QED) is 0.823. The molecule has 0 radical (unpaired) electrons. The van der Waals surface area contributed by atoms with Gasteiger partial charge in [-0.1, -0.05) is 18.2 Å². The fourth-order valence-electron chi connectivity index (χ4n) is 1.23. The van der Waals surface area contributed by atoms with Gasteiger partial charge < -0.3 is 5.32 Å². The van der Waals surface area contributed by atoms with Crippen LogP contribution in [0.2, 0.25) is 0 Å². The van der Waals surface area contributed by atoms with E-state index in [9.17, 15) is 31.1 Å². The van der Waals surface area contributed by atoms with Crippen molar-refractivity contribution >= 4 is 5.91 Å². The number of hydrogen-bond donors (Lipinski definition) is 1. The summed E-state index contributed by atoms with van der Waals surface area (Å²) in [6, 6.07) is 4.08. The van der Waals surface area contributed by atoms with Gasteiger partial charge in [-0.3, -0.25) is 4.79 Å². The first kappa shape index (κ1) is 14.3. The van der Waals surface area contributed by atoms with Crippen molar-refractivity contribution in [2.45, 2.75) is 18.9 Å². The van der Waals surface area contributed by atoms with E-state index in [0.29, 0.717) is 0 Å². The molecule has 0 saturated carbocycles. The van der Waals surface area contributed by atoms with E-state index in [1.165, 1.54) is 11.4 Å². The van der Waals surface area contributed by atoms with Crippen molar-refractivity contribution in [1.82, 2.24) is 5.32 Å². The Bertz CT molecular complexity index is 437. The second kappa shape index (κ2) is 4.87. The number of halogens is 6. The van der Waals surface area contributed by atoms with Crippen molar-refractivity contribution in [3.05, 3.63) is 35.4 Å². The summed E-state index contributed by atoms with van der Waals surface area (Å²) in [7, 11) is 0. The van der Waals surface area contributed by atoms with Gasteiger partial charge in [0, 0.05) is 6.54 Å². The summed E-state index contributed by atoms with van der Waals surface area (Å²) in [5.41, 5.74) is -1.50. The number of carbonyl (C=O) groups excluding carboxylic acids is 1. The lowest BCUT2D eigenvalue weighted by Crippen LogP contribution is -2.36. The van der Waals surface area contributed by atoms with Gasteiger partial charge in [-0.2, -0.15) is 26.3 Å². The summed E-state index contributed by atoms with van der Waals surface area (Å²) in [4.78, 5) is 10.5. The minimum Gasteiger partial charge on any atom is -0.344 e. The van der Waals surface area contributed by atoms with E-state index in [2.05, 4.69) is 0 Å². The predicted octanol–water partition coefficient (Wildman–Crippen LogP) is 2.88. The molecule has 0 bridgehead atoms. The Kier molecular flexibility index (Phi) is 3.88. The number of rotatable bonds is 2. The van der Waals surface area contributed by atoms with Crippen LogP contribution in [0.25, 0.3) is 0 Å². The minimum absolute atomic E-state index is 0.428. The smallest absolute Gasteiger partial charge is 0.344 e. The molecule has 0 aliphatic heterocycles. The van der Waals surface area contributed by atoms with Gasteiger partial charge in [0.05, 0.1) is 5.56 Å². The van der Waals surface area contributed by atoms with Crippen molar-refractivity contribution in [2.75, 3.05) is 0 Å². The highest BCUT2D eigenvalue weighted by molar-refractivity contribution is 5.81. The zero-order chi connectivity index (χ0) is 14.0. The van der Waals surface area contributed by atoms with Gasteiger partial charge in [-0.15, -0.1) is 0 Å². The van der Waals surface area contributed by atoms with Gasteiger partial charge in [0.2, 0.25) is 0 Å². The summed E-state index contributed by atoms with van der Waals surface area (Å²) in [5.74, 6) is -2.28. The van der Waals surface area contributed by atoms with Crippen molar-refractivity contribution in [2.24, 2.45) is 0 Å². The molecular formula is C10H7F6NO. The maximum Gasteiger partial charge on any atom is 0.471 e. The highest BCUT2D eigenvalue weighted by Crippen LogP contribution is 2.31. The van der Waals surface area contributed by atoms with E-state index >= 15 is 0 Å². The lowest BCUT2D eigenvalue weighted by atomic mass is 10.1. The Hall–Kier alpha value is -1.73. The zero-order valence-electron chi connectivity index (χ0n) is 8.69. The first-order valence-corrected chi connectivity index (χ1v) is 4.62. The third kappa shape index (κ3) is 3.64. The standard InChI is InChI=1S/C10H7F6NO/c11-9(12,13)7-4-2-1-3-6(7)5-17-8(18)10(14,15)16/h1-4H,5H2,(H,17,18). The van der Waals surface area contributed by atoms with Gasteiger partial charge >= 0.3 is 18.3 Å². The van der Waals surface area contributed by atoms with Crippen LogP contribution in [-0.4, -0.2) is 12.1 Å².